The van der Waals surface area contributed by atoms with Crippen molar-refractivity contribution in [2.75, 3.05) is 12.4 Å². The monoisotopic (exact) mass is 391 g/mol. The van der Waals surface area contributed by atoms with Crippen molar-refractivity contribution in [3.05, 3.63) is 57.9 Å². The molecular weight excluding hydrogens is 382 g/mol. The summed E-state index contributed by atoms with van der Waals surface area (Å²) in [7, 11) is 0.996. The summed E-state index contributed by atoms with van der Waals surface area (Å²) in [4.78, 5) is 22.9. The number of hydrogen-bond donors (Lipinski definition) is 2. The van der Waals surface area contributed by atoms with E-state index in [1.807, 2.05) is 0 Å². The van der Waals surface area contributed by atoms with Gasteiger partial charge in [0.2, 0.25) is 0 Å². The Hall–Kier alpha value is -2.81. The number of carbonyl (C=O) groups is 2. The van der Waals surface area contributed by atoms with E-state index in [1.54, 1.807) is 0 Å². The van der Waals surface area contributed by atoms with Gasteiger partial charge in [-0.25, -0.2) is 9.18 Å². The van der Waals surface area contributed by atoms with E-state index < -0.39 is 51.5 Å². The van der Waals surface area contributed by atoms with Crippen LogP contribution in [0.3, 0.4) is 0 Å². The summed E-state index contributed by atoms with van der Waals surface area (Å²) in [5.74, 6) is -4.15. The molecule has 138 valence electrons. The van der Waals surface area contributed by atoms with Gasteiger partial charge in [-0.05, 0) is 30.3 Å². The topological polar surface area (TPSA) is 75.6 Å². The van der Waals surface area contributed by atoms with Crippen LogP contribution in [0.2, 0.25) is 5.02 Å². The van der Waals surface area contributed by atoms with Crippen LogP contribution >= 0.6 is 11.6 Å². The average Bonchev–Trinajstić information content (AvgIpc) is 2.54. The van der Waals surface area contributed by atoms with Crippen molar-refractivity contribution >= 4 is 29.2 Å². The van der Waals surface area contributed by atoms with Crippen LogP contribution in [-0.4, -0.2) is 24.1 Å². The van der Waals surface area contributed by atoms with Crippen molar-refractivity contribution in [1.29, 1.82) is 0 Å². The van der Waals surface area contributed by atoms with Crippen LogP contribution in [0.4, 0.5) is 23.2 Å². The second-order valence-corrected chi connectivity index (χ2v) is 5.40. The number of benzene rings is 2. The number of carboxylic acid groups (broad SMARTS) is 1. The van der Waals surface area contributed by atoms with Crippen LogP contribution in [0.1, 0.15) is 26.3 Å². The van der Waals surface area contributed by atoms with Gasteiger partial charge in [-0.1, -0.05) is 11.6 Å². The first-order valence-corrected chi connectivity index (χ1v) is 7.21. The molecule has 2 aromatic rings. The van der Waals surface area contributed by atoms with Gasteiger partial charge in [0.05, 0.1) is 28.9 Å². The number of halogens is 5. The Morgan fingerprint density at radius 1 is 1.15 bits per heavy atom. The molecule has 5 nitrogen and oxygen atoms in total. The third-order valence-corrected chi connectivity index (χ3v) is 3.56. The molecule has 1 amide bonds. The van der Waals surface area contributed by atoms with Gasteiger partial charge in [0, 0.05) is 5.56 Å². The number of carboxylic acids is 1. The quantitative estimate of drug-likeness (QED) is 0.755. The highest BCUT2D eigenvalue weighted by molar-refractivity contribution is 6.32. The summed E-state index contributed by atoms with van der Waals surface area (Å²) in [6, 6.07) is 4.13. The third-order valence-electron chi connectivity index (χ3n) is 3.28. The zero-order valence-corrected chi connectivity index (χ0v) is 13.7. The molecule has 0 spiro atoms. The van der Waals surface area contributed by atoms with Gasteiger partial charge < -0.3 is 15.2 Å². The molecule has 2 rings (SSSR count). The predicted octanol–water partition coefficient (Wildman–Crippen LogP) is 4.46. The summed E-state index contributed by atoms with van der Waals surface area (Å²) in [6.45, 7) is 0. The maximum absolute atomic E-state index is 13.8. The highest BCUT2D eigenvalue weighted by Crippen LogP contribution is 2.41. The number of amides is 1. The number of alkyl halides is 3. The molecule has 0 saturated heterocycles. The molecule has 2 N–H and O–H groups in total. The standard InChI is InChI=1S/C16H10ClF4NO4/c1-26-13-9(16(19,20)21)4-8(5-10(13)17)14(23)22-12-3-2-7(15(24)25)6-11(12)18/h2-6H,1H3,(H,22,23)(H,24,25). The molecule has 0 atom stereocenters. The Kier molecular flexibility index (Phi) is 5.41. The molecule has 0 fully saturated rings. The summed E-state index contributed by atoms with van der Waals surface area (Å²) in [5.41, 5.74) is -2.50. The SMILES string of the molecule is COc1c(Cl)cc(C(=O)Nc2ccc(C(=O)O)cc2F)cc1C(F)(F)F. The molecule has 0 aliphatic rings. The number of rotatable bonds is 4. The number of anilines is 1. The number of carbonyl (C=O) groups excluding carboxylic acids is 1. The number of aromatic carboxylic acids is 1. The minimum atomic E-state index is -4.83. The number of nitrogens with one attached hydrogen (secondary N) is 1. The Balaban J connectivity index is 2.39. The second kappa shape index (κ2) is 7.20. The molecule has 0 saturated carbocycles. The van der Waals surface area contributed by atoms with E-state index in [0.717, 1.165) is 25.3 Å². The van der Waals surface area contributed by atoms with Crippen molar-refractivity contribution < 1.29 is 37.0 Å². The highest BCUT2D eigenvalue weighted by Gasteiger charge is 2.36. The molecule has 2 aromatic carbocycles. The molecule has 0 aromatic heterocycles. The fourth-order valence-corrected chi connectivity index (χ4v) is 2.38. The van der Waals surface area contributed by atoms with Gasteiger partial charge in [-0.2, -0.15) is 13.2 Å². The number of hydrogen-bond acceptors (Lipinski definition) is 3. The molecule has 26 heavy (non-hydrogen) atoms. The van der Waals surface area contributed by atoms with E-state index in [-0.39, 0.29) is 5.56 Å². The largest absolute Gasteiger partial charge is 0.495 e. The Bertz CT molecular complexity index is 883. The lowest BCUT2D eigenvalue weighted by molar-refractivity contribution is -0.138. The van der Waals surface area contributed by atoms with Crippen LogP contribution in [-0.2, 0) is 6.18 Å². The van der Waals surface area contributed by atoms with Crippen LogP contribution in [0.15, 0.2) is 30.3 Å². The van der Waals surface area contributed by atoms with Crippen molar-refractivity contribution in [3.63, 3.8) is 0 Å². The minimum absolute atomic E-state index is 0.354. The van der Waals surface area contributed by atoms with E-state index in [9.17, 15) is 27.2 Å². The molecular formula is C16H10ClF4NO4. The second-order valence-electron chi connectivity index (χ2n) is 4.99. The molecule has 0 bridgehead atoms. The summed E-state index contributed by atoms with van der Waals surface area (Å²) in [6.07, 6.45) is -4.83. The zero-order chi connectivity index (χ0) is 19.6. The van der Waals surface area contributed by atoms with E-state index in [1.165, 1.54) is 0 Å². The van der Waals surface area contributed by atoms with Crippen molar-refractivity contribution in [1.82, 2.24) is 0 Å². The van der Waals surface area contributed by atoms with Gasteiger partial charge >= 0.3 is 12.1 Å². The van der Waals surface area contributed by atoms with E-state index >= 15 is 0 Å². The lowest BCUT2D eigenvalue weighted by atomic mass is 10.1. The van der Waals surface area contributed by atoms with Crippen LogP contribution in [0, 0.1) is 5.82 Å². The van der Waals surface area contributed by atoms with Crippen LogP contribution in [0.5, 0.6) is 5.75 Å². The maximum Gasteiger partial charge on any atom is 0.420 e. The fourth-order valence-electron chi connectivity index (χ4n) is 2.09. The zero-order valence-electron chi connectivity index (χ0n) is 12.9. The third kappa shape index (κ3) is 4.05. The Morgan fingerprint density at radius 3 is 2.31 bits per heavy atom. The molecule has 0 heterocycles. The average molecular weight is 392 g/mol. The highest BCUT2D eigenvalue weighted by atomic mass is 35.5. The van der Waals surface area contributed by atoms with Gasteiger partial charge in [0.15, 0.2) is 0 Å². The first kappa shape index (κ1) is 19.5. The smallest absolute Gasteiger partial charge is 0.420 e. The van der Waals surface area contributed by atoms with E-state index in [4.69, 9.17) is 16.7 Å². The van der Waals surface area contributed by atoms with Gasteiger partial charge in [0.1, 0.15) is 11.6 Å². The van der Waals surface area contributed by atoms with Gasteiger partial charge in [-0.3, -0.25) is 4.79 Å². The minimum Gasteiger partial charge on any atom is -0.495 e. The maximum atomic E-state index is 13.8. The first-order valence-electron chi connectivity index (χ1n) is 6.83. The molecule has 0 aliphatic heterocycles. The molecule has 0 unspecified atom stereocenters. The molecule has 0 radical (unpaired) electrons. The van der Waals surface area contributed by atoms with Crippen molar-refractivity contribution in [2.24, 2.45) is 0 Å². The lowest BCUT2D eigenvalue weighted by Crippen LogP contribution is -2.16. The fraction of sp³-hybridized carbons (Fsp3) is 0.125. The number of ether oxygens (including phenoxy) is 1. The van der Waals surface area contributed by atoms with Crippen LogP contribution in [0.25, 0.3) is 0 Å². The van der Waals surface area contributed by atoms with E-state index in [2.05, 4.69) is 10.1 Å². The Morgan fingerprint density at radius 2 is 1.81 bits per heavy atom. The van der Waals surface area contributed by atoms with E-state index in [0.29, 0.717) is 12.1 Å². The van der Waals surface area contributed by atoms with Crippen LogP contribution < -0.4 is 10.1 Å². The van der Waals surface area contributed by atoms with Gasteiger partial charge in [-0.15, -0.1) is 0 Å². The first-order chi connectivity index (χ1) is 12.0. The Labute approximate surface area is 149 Å². The molecule has 0 aliphatic carbocycles. The summed E-state index contributed by atoms with van der Waals surface area (Å²) < 4.78 is 57.7. The summed E-state index contributed by atoms with van der Waals surface area (Å²) >= 11 is 5.73. The van der Waals surface area contributed by atoms with Crippen molar-refractivity contribution in [3.8, 4) is 5.75 Å². The summed E-state index contributed by atoms with van der Waals surface area (Å²) in [5, 5.41) is 10.4. The normalized spacial score (nSPS) is 11.2. The van der Waals surface area contributed by atoms with Gasteiger partial charge in [0.25, 0.3) is 5.91 Å². The number of methoxy groups -OCH3 is 1. The van der Waals surface area contributed by atoms with Crippen molar-refractivity contribution in [2.45, 2.75) is 6.18 Å². The lowest BCUT2D eigenvalue weighted by Gasteiger charge is -2.15. The predicted molar refractivity (Wildman–Crippen MR) is 84.3 cm³/mol. The molecule has 10 heteroatoms.